The number of carbonyl (C=O) groups is 2. The normalized spacial score (nSPS) is 18.2. The van der Waals surface area contributed by atoms with E-state index in [-0.39, 0.29) is 18.2 Å². The van der Waals surface area contributed by atoms with Gasteiger partial charge >= 0.3 is 0 Å². The first-order valence-electron chi connectivity index (χ1n) is 7.31. The fraction of sp³-hybridized carbons (Fsp3) is 0.467. The van der Waals surface area contributed by atoms with Gasteiger partial charge in [0.1, 0.15) is 0 Å². The average Bonchev–Trinajstić information content (AvgIpc) is 2.57. The lowest BCUT2D eigenvalue weighted by molar-refractivity contribution is -0.134. The third-order valence-electron chi connectivity index (χ3n) is 3.84. The van der Waals surface area contributed by atoms with Crippen LogP contribution in [0.15, 0.2) is 18.2 Å². The number of benzene rings is 1. The Morgan fingerprint density at radius 2 is 2.22 bits per heavy atom. The number of rotatable bonds is 6. The Morgan fingerprint density at radius 3 is 2.87 bits per heavy atom. The number of methoxy groups -OCH3 is 2. The van der Waals surface area contributed by atoms with E-state index in [2.05, 4.69) is 10.7 Å². The van der Waals surface area contributed by atoms with Gasteiger partial charge in [0.15, 0.2) is 11.5 Å². The van der Waals surface area contributed by atoms with E-state index >= 15 is 0 Å². The number of carbonyl (C=O) groups excluding carboxylic acids is 2. The van der Waals surface area contributed by atoms with Crippen LogP contribution in [0, 0.1) is 0 Å². The number of para-hydroxylation sites is 1. The van der Waals surface area contributed by atoms with E-state index in [0.717, 1.165) is 5.56 Å². The molecule has 1 aromatic rings. The minimum atomic E-state index is -0.566. The minimum absolute atomic E-state index is 0.00855. The quantitative estimate of drug-likeness (QED) is 0.366. The lowest BCUT2D eigenvalue weighted by Crippen LogP contribution is -2.56. The van der Waals surface area contributed by atoms with E-state index in [1.165, 1.54) is 0 Å². The first-order valence-corrected chi connectivity index (χ1v) is 7.31. The molecule has 1 aliphatic rings. The summed E-state index contributed by atoms with van der Waals surface area (Å²) in [6.07, 6.45) is 0.00855. The fourth-order valence-corrected chi connectivity index (χ4v) is 2.70. The third-order valence-corrected chi connectivity index (χ3v) is 3.84. The second-order valence-electron chi connectivity index (χ2n) is 5.20. The van der Waals surface area contributed by atoms with E-state index in [1.54, 1.807) is 14.2 Å². The van der Waals surface area contributed by atoms with Gasteiger partial charge in [0, 0.05) is 25.2 Å². The number of hydrazine groups is 1. The zero-order valence-corrected chi connectivity index (χ0v) is 13.3. The molecule has 0 bridgehead atoms. The van der Waals surface area contributed by atoms with Gasteiger partial charge < -0.3 is 14.8 Å². The number of piperazine rings is 1. The van der Waals surface area contributed by atoms with Gasteiger partial charge in [-0.25, -0.2) is 5.84 Å². The first kappa shape index (κ1) is 17.0. The summed E-state index contributed by atoms with van der Waals surface area (Å²) in [5.41, 5.74) is 2.96. The molecule has 0 aromatic heterocycles. The van der Waals surface area contributed by atoms with E-state index in [1.807, 2.05) is 23.1 Å². The summed E-state index contributed by atoms with van der Waals surface area (Å²) in [7, 11) is 3.15. The number of amides is 2. The Labute approximate surface area is 134 Å². The average molecular weight is 322 g/mol. The summed E-state index contributed by atoms with van der Waals surface area (Å²) in [6.45, 7) is 1.64. The molecule has 1 saturated heterocycles. The highest BCUT2D eigenvalue weighted by molar-refractivity contribution is 5.88. The number of ether oxygens (including phenoxy) is 2. The van der Waals surface area contributed by atoms with Crippen molar-refractivity contribution in [1.29, 1.82) is 0 Å². The summed E-state index contributed by atoms with van der Waals surface area (Å²) in [5, 5.41) is 2.77. The monoisotopic (exact) mass is 322 g/mol. The summed E-state index contributed by atoms with van der Waals surface area (Å²) in [4.78, 5) is 25.6. The molecule has 2 rings (SSSR count). The number of nitrogens with zero attached hydrogens (tertiary/aromatic N) is 1. The third kappa shape index (κ3) is 3.91. The summed E-state index contributed by atoms with van der Waals surface area (Å²) in [6, 6.07) is 5.02. The summed E-state index contributed by atoms with van der Waals surface area (Å²) in [5.74, 6) is 5.83. The number of hydrogen-bond donors (Lipinski definition) is 3. The lowest BCUT2D eigenvalue weighted by Gasteiger charge is -2.34. The second kappa shape index (κ2) is 7.80. The van der Waals surface area contributed by atoms with Crippen LogP contribution in [0.4, 0.5) is 0 Å². The van der Waals surface area contributed by atoms with Crippen LogP contribution < -0.4 is 26.1 Å². The molecule has 2 amide bonds. The first-order chi connectivity index (χ1) is 11.1. The van der Waals surface area contributed by atoms with Gasteiger partial charge in [-0.3, -0.25) is 19.9 Å². The molecule has 1 heterocycles. The van der Waals surface area contributed by atoms with Gasteiger partial charge in [-0.2, -0.15) is 0 Å². The van der Waals surface area contributed by atoms with Crippen molar-refractivity contribution in [2.45, 2.75) is 19.0 Å². The molecule has 23 heavy (non-hydrogen) atoms. The van der Waals surface area contributed by atoms with Crippen LogP contribution in [0.25, 0.3) is 0 Å². The van der Waals surface area contributed by atoms with Crippen molar-refractivity contribution in [1.82, 2.24) is 15.6 Å². The zero-order chi connectivity index (χ0) is 16.8. The smallest absolute Gasteiger partial charge is 0.237 e. The highest BCUT2D eigenvalue weighted by Gasteiger charge is 2.32. The molecule has 1 unspecified atom stereocenters. The van der Waals surface area contributed by atoms with Crippen molar-refractivity contribution in [2.75, 3.05) is 27.3 Å². The molecule has 126 valence electrons. The Bertz CT molecular complexity index is 579. The molecule has 8 nitrogen and oxygen atoms in total. The Balaban J connectivity index is 2.22. The number of nitrogens with one attached hydrogen (secondary N) is 2. The van der Waals surface area contributed by atoms with Gasteiger partial charge in [0.25, 0.3) is 0 Å². The van der Waals surface area contributed by atoms with Crippen LogP contribution in [-0.4, -0.2) is 50.1 Å². The number of nitrogens with two attached hydrogens (primary N) is 1. The van der Waals surface area contributed by atoms with Crippen molar-refractivity contribution >= 4 is 11.8 Å². The highest BCUT2D eigenvalue weighted by atomic mass is 16.5. The fourth-order valence-electron chi connectivity index (χ4n) is 2.70. The molecule has 1 atom stereocenters. The van der Waals surface area contributed by atoms with E-state index in [9.17, 15) is 9.59 Å². The molecule has 0 aliphatic carbocycles. The largest absolute Gasteiger partial charge is 0.493 e. The van der Waals surface area contributed by atoms with Crippen LogP contribution >= 0.6 is 0 Å². The van der Waals surface area contributed by atoms with Crippen LogP contribution in [0.3, 0.4) is 0 Å². The summed E-state index contributed by atoms with van der Waals surface area (Å²) < 4.78 is 10.7. The van der Waals surface area contributed by atoms with Gasteiger partial charge in [-0.05, 0) is 6.07 Å². The van der Waals surface area contributed by atoms with Crippen molar-refractivity contribution in [2.24, 2.45) is 5.84 Å². The molecule has 0 radical (unpaired) electrons. The van der Waals surface area contributed by atoms with Gasteiger partial charge in [0.2, 0.25) is 11.8 Å². The van der Waals surface area contributed by atoms with Crippen LogP contribution in [-0.2, 0) is 16.1 Å². The molecule has 1 aromatic carbocycles. The maximum absolute atomic E-state index is 12.1. The highest BCUT2D eigenvalue weighted by Crippen LogP contribution is 2.32. The molecular formula is C15H22N4O4. The zero-order valence-electron chi connectivity index (χ0n) is 13.3. The van der Waals surface area contributed by atoms with E-state index < -0.39 is 6.04 Å². The van der Waals surface area contributed by atoms with Crippen molar-refractivity contribution < 1.29 is 19.1 Å². The topological polar surface area (TPSA) is 106 Å². The maximum atomic E-state index is 12.1. The Morgan fingerprint density at radius 1 is 1.43 bits per heavy atom. The Kier molecular flexibility index (Phi) is 5.78. The Hall–Kier alpha value is -2.32. The van der Waals surface area contributed by atoms with Crippen molar-refractivity contribution in [3.05, 3.63) is 23.8 Å². The van der Waals surface area contributed by atoms with Crippen molar-refractivity contribution in [3.8, 4) is 11.5 Å². The molecule has 1 aliphatic heterocycles. The van der Waals surface area contributed by atoms with E-state index in [0.29, 0.717) is 31.1 Å². The predicted octanol–water partition coefficient (Wildman–Crippen LogP) is -0.616. The lowest BCUT2D eigenvalue weighted by atomic mass is 10.1. The maximum Gasteiger partial charge on any atom is 0.237 e. The molecule has 0 spiro atoms. The molecule has 8 heteroatoms. The standard InChI is InChI=1S/C15H22N4O4/c1-22-12-5-3-4-10(14(12)23-2)9-19-7-6-17-15(21)11(19)8-13(20)18-16/h3-5,11H,6-9,16H2,1-2H3,(H,17,21)(H,18,20). The minimum Gasteiger partial charge on any atom is -0.493 e. The summed E-state index contributed by atoms with van der Waals surface area (Å²) >= 11 is 0. The van der Waals surface area contributed by atoms with Crippen molar-refractivity contribution in [3.63, 3.8) is 0 Å². The van der Waals surface area contributed by atoms with Crippen LogP contribution in [0.5, 0.6) is 11.5 Å². The van der Waals surface area contributed by atoms with Crippen LogP contribution in [0.2, 0.25) is 0 Å². The molecule has 0 saturated carbocycles. The van der Waals surface area contributed by atoms with Gasteiger partial charge in [-0.1, -0.05) is 12.1 Å². The second-order valence-corrected chi connectivity index (χ2v) is 5.20. The molecular weight excluding hydrogens is 300 g/mol. The number of hydrogen-bond acceptors (Lipinski definition) is 6. The molecule has 1 fully saturated rings. The molecule has 4 N–H and O–H groups in total. The van der Waals surface area contributed by atoms with Gasteiger partial charge in [-0.15, -0.1) is 0 Å². The predicted molar refractivity (Wildman–Crippen MR) is 83.7 cm³/mol. The van der Waals surface area contributed by atoms with E-state index in [4.69, 9.17) is 15.3 Å². The van der Waals surface area contributed by atoms with Gasteiger partial charge in [0.05, 0.1) is 26.7 Å². The van der Waals surface area contributed by atoms with Crippen LogP contribution in [0.1, 0.15) is 12.0 Å². The SMILES string of the molecule is COc1cccc(CN2CCNC(=O)C2CC(=O)NN)c1OC.